The standard InChI is InChI=1S/C33H35FN10O/c1-43(2)6-5-37-23-8-20(7-22(34)10-23)27-15-36-17-31-25(27)12-30(41-31)28-16-39-42-32-18-38-29(11-26(28)32)21-9-24(14-35-13-21)40-33(45)19-44(3)4/h7-18,37,39,41-42H,5-6,19H2,1-4H3,(H,40,45). The first-order valence-corrected chi connectivity index (χ1v) is 14.5. The molecule has 5 N–H and O–H groups in total. The minimum atomic E-state index is -0.317. The van der Waals surface area contributed by atoms with E-state index in [1.807, 2.05) is 52.6 Å². The zero-order chi connectivity index (χ0) is 31.5. The van der Waals surface area contributed by atoms with Gasteiger partial charge in [-0.3, -0.25) is 25.2 Å². The summed E-state index contributed by atoms with van der Waals surface area (Å²) in [5, 5.41) is 7.13. The molecule has 0 fully saturated rings. The SMILES string of the molecule is CN(C)CCNc1cc(F)cc(-c2cncc3[nH]c(C4=CNNc5cnc(-c6cncc(NC(=O)CN(C)C)c6)cc54)cc23)c1. The number of carbonyl (C=O) groups is 1. The van der Waals surface area contributed by atoms with Crippen LogP contribution in [0.2, 0.25) is 0 Å². The number of hydrogen-bond donors (Lipinski definition) is 5. The molecule has 0 radical (unpaired) electrons. The minimum absolute atomic E-state index is 0.124. The average molecular weight is 607 g/mol. The lowest BCUT2D eigenvalue weighted by Crippen LogP contribution is -2.27. The second-order valence-corrected chi connectivity index (χ2v) is 11.5. The van der Waals surface area contributed by atoms with Gasteiger partial charge in [0.2, 0.25) is 5.91 Å². The second-order valence-electron chi connectivity index (χ2n) is 11.5. The number of hydrogen-bond acceptors (Lipinski definition) is 9. The van der Waals surface area contributed by atoms with Gasteiger partial charge in [0.05, 0.1) is 47.7 Å². The molecule has 1 aromatic carbocycles. The van der Waals surface area contributed by atoms with Crippen LogP contribution in [-0.2, 0) is 4.79 Å². The highest BCUT2D eigenvalue weighted by atomic mass is 19.1. The van der Waals surface area contributed by atoms with Crippen LogP contribution in [-0.4, -0.2) is 83.5 Å². The Kier molecular flexibility index (Phi) is 8.41. The Labute approximate surface area is 260 Å². The molecule has 5 aromatic rings. The number of pyridine rings is 3. The van der Waals surface area contributed by atoms with E-state index in [0.29, 0.717) is 17.9 Å². The number of aromatic nitrogens is 4. The molecule has 0 saturated heterocycles. The van der Waals surface area contributed by atoms with Crippen molar-refractivity contribution in [3.63, 3.8) is 0 Å². The van der Waals surface area contributed by atoms with E-state index >= 15 is 0 Å². The van der Waals surface area contributed by atoms with Crippen molar-refractivity contribution in [3.8, 4) is 22.4 Å². The molecule has 0 atom stereocenters. The summed E-state index contributed by atoms with van der Waals surface area (Å²) in [6, 6.07) is 10.9. The first-order chi connectivity index (χ1) is 21.7. The van der Waals surface area contributed by atoms with E-state index in [4.69, 9.17) is 0 Å². The van der Waals surface area contributed by atoms with Crippen molar-refractivity contribution in [1.29, 1.82) is 0 Å². The number of carbonyl (C=O) groups excluding carboxylic acids is 1. The number of hydrazine groups is 1. The predicted molar refractivity (Wildman–Crippen MR) is 177 cm³/mol. The van der Waals surface area contributed by atoms with Gasteiger partial charge in [-0.15, -0.1) is 0 Å². The number of benzene rings is 1. The maximum absolute atomic E-state index is 14.7. The Morgan fingerprint density at radius 2 is 1.69 bits per heavy atom. The number of fused-ring (bicyclic) bond motifs is 2. The van der Waals surface area contributed by atoms with Crippen LogP contribution in [0.5, 0.6) is 0 Å². The quantitative estimate of drug-likeness (QED) is 0.155. The number of aromatic amines is 1. The molecule has 5 heterocycles. The number of halogens is 1. The Bertz CT molecular complexity index is 1900. The van der Waals surface area contributed by atoms with E-state index in [-0.39, 0.29) is 18.3 Å². The van der Waals surface area contributed by atoms with Crippen LogP contribution in [0.4, 0.5) is 21.5 Å². The van der Waals surface area contributed by atoms with E-state index in [9.17, 15) is 9.18 Å². The van der Waals surface area contributed by atoms with Crippen molar-refractivity contribution in [2.45, 2.75) is 0 Å². The average Bonchev–Trinajstić information content (AvgIpc) is 3.44. The van der Waals surface area contributed by atoms with Crippen molar-refractivity contribution in [2.75, 3.05) is 63.9 Å². The highest BCUT2D eigenvalue weighted by Gasteiger charge is 2.20. The van der Waals surface area contributed by atoms with Gasteiger partial charge in [-0.1, -0.05) is 0 Å². The molecule has 6 rings (SSSR count). The minimum Gasteiger partial charge on any atom is -0.384 e. The smallest absolute Gasteiger partial charge is 0.238 e. The van der Waals surface area contributed by atoms with Gasteiger partial charge in [0.25, 0.3) is 0 Å². The maximum atomic E-state index is 14.7. The fourth-order valence-electron chi connectivity index (χ4n) is 5.26. The Morgan fingerprint density at radius 1 is 0.867 bits per heavy atom. The van der Waals surface area contributed by atoms with Crippen LogP contribution in [0.1, 0.15) is 11.3 Å². The van der Waals surface area contributed by atoms with Gasteiger partial charge in [-0.2, -0.15) is 0 Å². The number of H-pyrrole nitrogens is 1. The highest BCUT2D eigenvalue weighted by molar-refractivity contribution is 5.99. The third-order valence-electron chi connectivity index (χ3n) is 7.33. The van der Waals surface area contributed by atoms with Crippen LogP contribution in [0, 0.1) is 5.82 Å². The largest absolute Gasteiger partial charge is 0.384 e. The van der Waals surface area contributed by atoms with Crippen LogP contribution >= 0.6 is 0 Å². The summed E-state index contributed by atoms with van der Waals surface area (Å²) in [7, 11) is 7.68. The molecule has 4 aromatic heterocycles. The number of likely N-dealkylation sites (N-methyl/N-ethyl adjacent to an activating group) is 2. The fraction of sp³-hybridized carbons (Fsp3) is 0.212. The summed E-state index contributed by atoms with van der Waals surface area (Å²) < 4.78 is 14.7. The molecule has 45 heavy (non-hydrogen) atoms. The van der Waals surface area contributed by atoms with Crippen molar-refractivity contribution in [3.05, 3.63) is 90.7 Å². The molecule has 0 bridgehead atoms. The Hall–Kier alpha value is -5.33. The fourth-order valence-corrected chi connectivity index (χ4v) is 5.26. The molecular weight excluding hydrogens is 571 g/mol. The lowest BCUT2D eigenvalue weighted by molar-refractivity contribution is -0.116. The van der Waals surface area contributed by atoms with Crippen molar-refractivity contribution >= 4 is 39.4 Å². The molecule has 0 aliphatic carbocycles. The zero-order valence-corrected chi connectivity index (χ0v) is 25.6. The Morgan fingerprint density at radius 3 is 2.51 bits per heavy atom. The number of anilines is 3. The molecule has 12 heteroatoms. The van der Waals surface area contributed by atoms with Gasteiger partial charge in [-0.25, -0.2) is 4.39 Å². The summed E-state index contributed by atoms with van der Waals surface area (Å²) in [4.78, 5) is 33.1. The topological polar surface area (TPSA) is 126 Å². The highest BCUT2D eigenvalue weighted by Crippen LogP contribution is 2.37. The number of amides is 1. The lowest BCUT2D eigenvalue weighted by Gasteiger charge is -2.20. The molecule has 1 amide bonds. The van der Waals surface area contributed by atoms with Gasteiger partial charge in [0.1, 0.15) is 5.82 Å². The molecule has 1 aliphatic rings. The van der Waals surface area contributed by atoms with Gasteiger partial charge in [-0.05, 0) is 70.2 Å². The molecule has 11 nitrogen and oxygen atoms in total. The van der Waals surface area contributed by atoms with E-state index in [1.165, 1.54) is 12.1 Å². The third-order valence-corrected chi connectivity index (χ3v) is 7.33. The molecular formula is C33H35FN10O. The van der Waals surface area contributed by atoms with E-state index in [1.54, 1.807) is 35.9 Å². The summed E-state index contributed by atoms with van der Waals surface area (Å²) in [5.74, 6) is -0.441. The maximum Gasteiger partial charge on any atom is 0.238 e. The van der Waals surface area contributed by atoms with Crippen LogP contribution in [0.3, 0.4) is 0 Å². The first kappa shape index (κ1) is 29.7. The summed E-state index contributed by atoms with van der Waals surface area (Å²) in [5.41, 5.74) is 14.9. The second kappa shape index (κ2) is 12.7. The van der Waals surface area contributed by atoms with Crippen molar-refractivity contribution in [1.82, 2.24) is 35.2 Å². The number of nitrogens with zero attached hydrogens (tertiary/aromatic N) is 5. The van der Waals surface area contributed by atoms with Gasteiger partial charge >= 0.3 is 0 Å². The van der Waals surface area contributed by atoms with Crippen molar-refractivity contribution in [2.24, 2.45) is 0 Å². The molecule has 230 valence electrons. The molecule has 1 aliphatic heterocycles. The van der Waals surface area contributed by atoms with Crippen LogP contribution in [0.15, 0.2) is 73.6 Å². The number of nitrogens with one attached hydrogen (secondary N) is 5. The van der Waals surface area contributed by atoms with E-state index in [2.05, 4.69) is 52.4 Å². The summed E-state index contributed by atoms with van der Waals surface area (Å²) in [6.45, 7) is 1.80. The van der Waals surface area contributed by atoms with Crippen LogP contribution < -0.4 is 21.5 Å². The van der Waals surface area contributed by atoms with Gasteiger partial charge < -0.3 is 30.8 Å². The van der Waals surface area contributed by atoms with E-state index < -0.39 is 0 Å². The lowest BCUT2D eigenvalue weighted by atomic mass is 9.98. The van der Waals surface area contributed by atoms with Gasteiger partial charge in [0.15, 0.2) is 0 Å². The zero-order valence-electron chi connectivity index (χ0n) is 25.6. The predicted octanol–water partition coefficient (Wildman–Crippen LogP) is 4.62. The molecule has 0 saturated carbocycles. The van der Waals surface area contributed by atoms with E-state index in [0.717, 1.165) is 62.3 Å². The van der Waals surface area contributed by atoms with Crippen molar-refractivity contribution < 1.29 is 9.18 Å². The molecule has 0 unspecified atom stereocenters. The number of rotatable bonds is 10. The summed E-state index contributed by atoms with van der Waals surface area (Å²) >= 11 is 0. The van der Waals surface area contributed by atoms with Gasteiger partial charge in [0, 0.05) is 70.7 Å². The Balaban J connectivity index is 1.32. The normalized spacial score (nSPS) is 12.5. The third kappa shape index (κ3) is 6.77. The summed E-state index contributed by atoms with van der Waals surface area (Å²) in [6.07, 6.45) is 10.5. The van der Waals surface area contributed by atoms with Crippen LogP contribution in [0.25, 0.3) is 38.9 Å². The monoisotopic (exact) mass is 606 g/mol. The first-order valence-electron chi connectivity index (χ1n) is 14.5. The molecule has 0 spiro atoms.